The summed E-state index contributed by atoms with van der Waals surface area (Å²) in [6.07, 6.45) is 0.948. The second-order valence-electron chi connectivity index (χ2n) is 7.83. The molecule has 0 aliphatic carbocycles. The maximum atomic E-state index is 13.0. The van der Waals surface area contributed by atoms with E-state index in [9.17, 15) is 9.59 Å². The summed E-state index contributed by atoms with van der Waals surface area (Å²) >= 11 is 0. The van der Waals surface area contributed by atoms with Crippen LogP contribution in [0.25, 0.3) is 0 Å². The van der Waals surface area contributed by atoms with Gasteiger partial charge in [-0.25, -0.2) is 4.79 Å². The molecule has 0 saturated carbocycles. The number of carbonyl (C=O) groups excluding carboxylic acids is 2. The van der Waals surface area contributed by atoms with E-state index in [1.54, 1.807) is 30.3 Å². The smallest absolute Gasteiger partial charge is 0.337 e. The van der Waals surface area contributed by atoms with E-state index in [1.807, 2.05) is 19.1 Å². The van der Waals surface area contributed by atoms with Gasteiger partial charge in [0.1, 0.15) is 5.75 Å². The summed E-state index contributed by atoms with van der Waals surface area (Å²) in [6.45, 7) is 7.59. The van der Waals surface area contributed by atoms with Crippen molar-refractivity contribution in [2.45, 2.75) is 26.4 Å². The van der Waals surface area contributed by atoms with Crippen LogP contribution in [0.4, 0.5) is 11.4 Å². The number of carbonyl (C=O) groups is 2. The summed E-state index contributed by atoms with van der Waals surface area (Å²) in [7, 11) is 3.44. The van der Waals surface area contributed by atoms with Gasteiger partial charge in [0.25, 0.3) is 5.91 Å². The Morgan fingerprint density at radius 1 is 1.06 bits per heavy atom. The third kappa shape index (κ3) is 5.76. The number of piperazine rings is 1. The van der Waals surface area contributed by atoms with Crippen molar-refractivity contribution in [2.75, 3.05) is 50.6 Å². The summed E-state index contributed by atoms with van der Waals surface area (Å²) in [6, 6.07) is 12.4. The Balaban J connectivity index is 1.87. The molecular formula is C24H31N3O4. The van der Waals surface area contributed by atoms with Gasteiger partial charge in [-0.3, -0.25) is 4.79 Å². The molecular weight excluding hydrogens is 394 g/mol. The Hall–Kier alpha value is -3.06. The van der Waals surface area contributed by atoms with Gasteiger partial charge in [-0.2, -0.15) is 0 Å². The van der Waals surface area contributed by atoms with E-state index in [2.05, 4.69) is 29.1 Å². The zero-order valence-electron chi connectivity index (χ0n) is 18.7. The monoisotopic (exact) mass is 425 g/mol. The SMILES string of the molecule is CC[C@@H](C)Oc1cccc(C(=O)Nc2cc(C(=O)OC)ccc2N2CCN(C)CC2)c1. The molecule has 7 heteroatoms. The molecule has 7 nitrogen and oxygen atoms in total. The predicted octanol–water partition coefficient (Wildman–Crippen LogP) is 3.65. The number of hydrogen-bond donors (Lipinski definition) is 1. The van der Waals surface area contributed by atoms with Crippen LogP contribution in [0.2, 0.25) is 0 Å². The average Bonchev–Trinajstić information content (AvgIpc) is 2.79. The molecule has 2 aromatic rings. The van der Waals surface area contributed by atoms with Crippen molar-refractivity contribution in [1.29, 1.82) is 0 Å². The minimum absolute atomic E-state index is 0.0684. The van der Waals surface area contributed by atoms with Gasteiger partial charge in [0.2, 0.25) is 0 Å². The fourth-order valence-corrected chi connectivity index (χ4v) is 3.42. The molecule has 1 aliphatic rings. The fraction of sp³-hybridized carbons (Fsp3) is 0.417. The third-order valence-electron chi connectivity index (χ3n) is 5.52. The number of anilines is 2. The maximum Gasteiger partial charge on any atom is 0.337 e. The molecule has 0 bridgehead atoms. The van der Waals surface area contributed by atoms with E-state index in [0.717, 1.165) is 38.3 Å². The lowest BCUT2D eigenvalue weighted by molar-refractivity contribution is 0.0600. The molecule has 0 unspecified atom stereocenters. The van der Waals surface area contributed by atoms with Crippen molar-refractivity contribution in [3.8, 4) is 5.75 Å². The van der Waals surface area contributed by atoms with Crippen LogP contribution in [0.3, 0.4) is 0 Å². The van der Waals surface area contributed by atoms with Crippen LogP contribution in [0.15, 0.2) is 42.5 Å². The van der Waals surface area contributed by atoms with Gasteiger partial charge < -0.3 is 24.6 Å². The summed E-state index contributed by atoms with van der Waals surface area (Å²) in [5.41, 5.74) is 2.37. The minimum atomic E-state index is -0.440. The molecule has 1 aliphatic heterocycles. The number of likely N-dealkylation sites (N-methyl/N-ethyl adjacent to an activating group) is 1. The molecule has 166 valence electrons. The first-order valence-corrected chi connectivity index (χ1v) is 10.6. The molecule has 1 N–H and O–H groups in total. The lowest BCUT2D eigenvalue weighted by Crippen LogP contribution is -2.44. The number of benzene rings is 2. The first-order valence-electron chi connectivity index (χ1n) is 10.6. The first kappa shape index (κ1) is 22.6. The Morgan fingerprint density at radius 3 is 2.48 bits per heavy atom. The van der Waals surface area contributed by atoms with Crippen molar-refractivity contribution in [3.63, 3.8) is 0 Å². The molecule has 2 aromatic carbocycles. The quantitative estimate of drug-likeness (QED) is 0.683. The van der Waals surface area contributed by atoms with E-state index in [-0.39, 0.29) is 12.0 Å². The van der Waals surface area contributed by atoms with Crippen LogP contribution in [0.5, 0.6) is 5.75 Å². The van der Waals surface area contributed by atoms with Crippen LogP contribution in [-0.4, -0.2) is 63.2 Å². The van der Waals surface area contributed by atoms with E-state index in [0.29, 0.717) is 22.6 Å². The molecule has 1 atom stereocenters. The zero-order valence-corrected chi connectivity index (χ0v) is 18.7. The van der Waals surface area contributed by atoms with Crippen LogP contribution in [0.1, 0.15) is 41.0 Å². The van der Waals surface area contributed by atoms with Gasteiger partial charge in [0.15, 0.2) is 0 Å². The standard InChI is InChI=1S/C24H31N3O4/c1-5-17(2)31-20-8-6-7-18(15-20)23(28)25-21-16-19(24(29)30-4)9-10-22(21)27-13-11-26(3)12-14-27/h6-10,15-17H,5,11-14H2,1-4H3,(H,25,28)/t17-/m1/s1. The first-order chi connectivity index (χ1) is 14.9. The molecule has 1 amide bonds. The molecule has 31 heavy (non-hydrogen) atoms. The highest BCUT2D eigenvalue weighted by molar-refractivity contribution is 6.07. The minimum Gasteiger partial charge on any atom is -0.491 e. The van der Waals surface area contributed by atoms with E-state index in [1.165, 1.54) is 7.11 Å². The van der Waals surface area contributed by atoms with Crippen LogP contribution in [-0.2, 0) is 4.74 Å². The van der Waals surface area contributed by atoms with Crippen molar-refractivity contribution in [2.24, 2.45) is 0 Å². The normalized spacial score (nSPS) is 15.3. The van der Waals surface area contributed by atoms with E-state index >= 15 is 0 Å². The van der Waals surface area contributed by atoms with Crippen LogP contribution >= 0.6 is 0 Å². The molecule has 0 aromatic heterocycles. The van der Waals surface area contributed by atoms with Crippen molar-refractivity contribution >= 4 is 23.3 Å². The van der Waals surface area contributed by atoms with E-state index in [4.69, 9.17) is 9.47 Å². The van der Waals surface area contributed by atoms with Gasteiger partial charge in [-0.15, -0.1) is 0 Å². The second-order valence-corrected chi connectivity index (χ2v) is 7.83. The molecule has 1 saturated heterocycles. The van der Waals surface area contributed by atoms with Gasteiger partial charge in [-0.05, 0) is 56.8 Å². The number of hydrogen-bond acceptors (Lipinski definition) is 6. The Labute approximate surface area is 183 Å². The summed E-state index contributed by atoms with van der Waals surface area (Å²) in [4.78, 5) is 29.6. The second kappa shape index (κ2) is 10.3. The van der Waals surface area contributed by atoms with Gasteiger partial charge in [0.05, 0.1) is 30.2 Å². The fourth-order valence-electron chi connectivity index (χ4n) is 3.42. The average molecular weight is 426 g/mol. The van der Waals surface area contributed by atoms with E-state index < -0.39 is 5.97 Å². The predicted molar refractivity (Wildman–Crippen MR) is 122 cm³/mol. The summed E-state index contributed by atoms with van der Waals surface area (Å²) in [5, 5.41) is 2.99. The summed E-state index contributed by atoms with van der Waals surface area (Å²) < 4.78 is 10.7. The van der Waals surface area contributed by atoms with Crippen molar-refractivity contribution < 1.29 is 19.1 Å². The highest BCUT2D eigenvalue weighted by Crippen LogP contribution is 2.29. The van der Waals surface area contributed by atoms with Crippen LogP contribution < -0.4 is 15.0 Å². The number of amides is 1. The lowest BCUT2D eigenvalue weighted by Gasteiger charge is -2.35. The Kier molecular flexibility index (Phi) is 7.52. The molecule has 3 rings (SSSR count). The highest BCUT2D eigenvalue weighted by Gasteiger charge is 2.20. The number of rotatable bonds is 7. The lowest BCUT2D eigenvalue weighted by atomic mass is 10.1. The van der Waals surface area contributed by atoms with Gasteiger partial charge in [-0.1, -0.05) is 13.0 Å². The van der Waals surface area contributed by atoms with Crippen LogP contribution in [0, 0.1) is 0 Å². The third-order valence-corrected chi connectivity index (χ3v) is 5.52. The molecule has 0 spiro atoms. The largest absolute Gasteiger partial charge is 0.491 e. The summed E-state index contributed by atoms with van der Waals surface area (Å²) in [5.74, 6) is -0.0408. The number of nitrogens with one attached hydrogen (secondary N) is 1. The number of esters is 1. The molecule has 1 fully saturated rings. The Bertz CT molecular complexity index is 923. The maximum absolute atomic E-state index is 13.0. The number of nitrogens with zero attached hydrogens (tertiary/aromatic N) is 2. The highest BCUT2D eigenvalue weighted by atomic mass is 16.5. The molecule has 0 radical (unpaired) electrons. The topological polar surface area (TPSA) is 71.1 Å². The number of methoxy groups -OCH3 is 1. The Morgan fingerprint density at radius 2 is 1.81 bits per heavy atom. The zero-order chi connectivity index (χ0) is 22.4. The number of ether oxygens (including phenoxy) is 2. The molecule has 1 heterocycles. The van der Waals surface area contributed by atoms with Gasteiger partial charge >= 0.3 is 5.97 Å². The van der Waals surface area contributed by atoms with Crippen molar-refractivity contribution in [3.05, 3.63) is 53.6 Å². The van der Waals surface area contributed by atoms with Crippen molar-refractivity contribution in [1.82, 2.24) is 4.90 Å². The van der Waals surface area contributed by atoms with Gasteiger partial charge in [0, 0.05) is 31.7 Å².